The molecule has 0 bridgehead atoms. The van der Waals surface area contributed by atoms with Crippen LogP contribution in [0.3, 0.4) is 0 Å². The van der Waals surface area contributed by atoms with Crippen LogP contribution in [-0.2, 0) is 0 Å². The number of para-hydroxylation sites is 1. The highest BCUT2D eigenvalue weighted by Gasteiger charge is 2.24. The Hall–Kier alpha value is -2.21. The van der Waals surface area contributed by atoms with Gasteiger partial charge >= 0.3 is 0 Å². The summed E-state index contributed by atoms with van der Waals surface area (Å²) in [6.45, 7) is 6.13. The summed E-state index contributed by atoms with van der Waals surface area (Å²) in [6, 6.07) is 8.15. The molecule has 1 aliphatic carbocycles. The first-order valence-corrected chi connectivity index (χ1v) is 8.97. The molecule has 6 nitrogen and oxygen atoms in total. The number of aryl methyl sites for hydroxylation is 1. The topological polar surface area (TPSA) is 80.0 Å². The number of hydrogen-bond acceptors (Lipinski definition) is 4. The number of aromatic nitrogens is 3. The highest BCUT2D eigenvalue weighted by molar-refractivity contribution is 5.90. The van der Waals surface area contributed by atoms with Crippen molar-refractivity contribution >= 4 is 5.91 Å². The molecule has 0 aliphatic heterocycles. The first-order valence-electron chi connectivity index (χ1n) is 8.97. The number of amides is 1. The van der Waals surface area contributed by atoms with Crippen molar-refractivity contribution in [2.24, 2.45) is 0 Å². The van der Waals surface area contributed by atoms with E-state index in [0.29, 0.717) is 11.7 Å². The highest BCUT2D eigenvalue weighted by Crippen LogP contribution is 2.23. The predicted molar refractivity (Wildman–Crippen MR) is 95.9 cm³/mol. The number of aliphatic hydroxyl groups excluding tert-OH is 1. The number of rotatable bonds is 4. The molecule has 3 rings (SSSR count). The molecule has 0 unspecified atom stereocenters. The number of nitrogens with zero attached hydrogens (tertiary/aromatic N) is 3. The molecule has 1 saturated carbocycles. The van der Waals surface area contributed by atoms with Gasteiger partial charge in [0.15, 0.2) is 0 Å². The number of hydrogen-bond donors (Lipinski definition) is 2. The van der Waals surface area contributed by atoms with E-state index in [9.17, 15) is 9.90 Å². The maximum Gasteiger partial charge on any atom is 0.291 e. The Kier molecular flexibility index (Phi) is 5.18. The third-order valence-corrected chi connectivity index (χ3v) is 4.79. The molecule has 0 atom stereocenters. The molecule has 1 fully saturated rings. The summed E-state index contributed by atoms with van der Waals surface area (Å²) < 4.78 is 1.74. The quantitative estimate of drug-likeness (QED) is 0.895. The lowest BCUT2D eigenvalue weighted by molar-refractivity contribution is 0.0858. The van der Waals surface area contributed by atoms with E-state index in [1.54, 1.807) is 4.68 Å². The number of carbonyl (C=O) groups excluding carboxylic acids is 1. The largest absolute Gasteiger partial charge is 0.393 e. The Morgan fingerprint density at radius 1 is 1.24 bits per heavy atom. The maximum atomic E-state index is 12.5. The van der Waals surface area contributed by atoms with E-state index in [-0.39, 0.29) is 23.9 Å². The van der Waals surface area contributed by atoms with Gasteiger partial charge in [-0.15, -0.1) is 5.10 Å². The zero-order valence-electron chi connectivity index (χ0n) is 15.1. The van der Waals surface area contributed by atoms with Crippen LogP contribution in [0.25, 0.3) is 5.69 Å². The van der Waals surface area contributed by atoms with Crippen LogP contribution < -0.4 is 5.32 Å². The van der Waals surface area contributed by atoms with Crippen molar-refractivity contribution in [1.29, 1.82) is 0 Å². The molecule has 0 radical (unpaired) electrons. The number of benzene rings is 1. The van der Waals surface area contributed by atoms with E-state index in [0.717, 1.165) is 31.4 Å². The molecule has 134 valence electrons. The number of nitrogens with one attached hydrogen (secondary N) is 1. The van der Waals surface area contributed by atoms with Crippen molar-refractivity contribution in [3.63, 3.8) is 0 Å². The minimum absolute atomic E-state index is 0.0890. The van der Waals surface area contributed by atoms with Crippen molar-refractivity contribution in [3.8, 4) is 5.69 Å². The van der Waals surface area contributed by atoms with Crippen LogP contribution in [0.1, 0.15) is 67.5 Å². The van der Waals surface area contributed by atoms with E-state index < -0.39 is 0 Å². The van der Waals surface area contributed by atoms with Gasteiger partial charge in [-0.05, 0) is 50.2 Å². The zero-order chi connectivity index (χ0) is 18.0. The summed E-state index contributed by atoms with van der Waals surface area (Å²) in [5, 5.41) is 17.0. The van der Waals surface area contributed by atoms with E-state index >= 15 is 0 Å². The van der Waals surface area contributed by atoms with Gasteiger partial charge in [0.25, 0.3) is 5.91 Å². The highest BCUT2D eigenvalue weighted by atomic mass is 16.3. The average molecular weight is 342 g/mol. The SMILES string of the molecule is Cc1nc(C(=O)NC2CCC(O)CC2)nn1-c1ccccc1C(C)C. The van der Waals surface area contributed by atoms with Crippen LogP contribution in [0, 0.1) is 6.92 Å². The van der Waals surface area contributed by atoms with Gasteiger partial charge in [0.2, 0.25) is 5.82 Å². The first kappa shape index (κ1) is 17.6. The summed E-state index contributed by atoms with van der Waals surface area (Å²) in [6.07, 6.45) is 2.81. The Morgan fingerprint density at radius 2 is 1.92 bits per heavy atom. The summed E-state index contributed by atoms with van der Waals surface area (Å²) in [5.74, 6) is 0.996. The maximum absolute atomic E-state index is 12.5. The Balaban J connectivity index is 1.80. The van der Waals surface area contributed by atoms with Crippen LogP contribution >= 0.6 is 0 Å². The molecule has 0 spiro atoms. The van der Waals surface area contributed by atoms with E-state index in [1.807, 2.05) is 25.1 Å². The molecule has 2 N–H and O–H groups in total. The van der Waals surface area contributed by atoms with Crippen molar-refractivity contribution in [3.05, 3.63) is 41.5 Å². The second-order valence-corrected chi connectivity index (χ2v) is 7.09. The van der Waals surface area contributed by atoms with Gasteiger partial charge in [-0.1, -0.05) is 32.0 Å². The van der Waals surface area contributed by atoms with Crippen LogP contribution in [0.4, 0.5) is 0 Å². The fraction of sp³-hybridized carbons (Fsp3) is 0.526. The van der Waals surface area contributed by atoms with E-state index in [1.165, 1.54) is 5.56 Å². The third kappa shape index (κ3) is 3.90. The van der Waals surface area contributed by atoms with Gasteiger partial charge in [-0.2, -0.15) is 0 Å². The predicted octanol–water partition coefficient (Wildman–Crippen LogP) is 2.73. The third-order valence-electron chi connectivity index (χ3n) is 4.79. The van der Waals surface area contributed by atoms with Crippen molar-refractivity contribution in [1.82, 2.24) is 20.1 Å². The monoisotopic (exact) mass is 342 g/mol. The Bertz CT molecular complexity index is 746. The van der Waals surface area contributed by atoms with E-state index in [4.69, 9.17) is 0 Å². The van der Waals surface area contributed by atoms with Gasteiger partial charge in [0, 0.05) is 6.04 Å². The van der Waals surface area contributed by atoms with Gasteiger partial charge in [0.05, 0.1) is 11.8 Å². The van der Waals surface area contributed by atoms with Gasteiger partial charge in [0.1, 0.15) is 5.82 Å². The Morgan fingerprint density at radius 3 is 2.60 bits per heavy atom. The molecule has 6 heteroatoms. The first-order chi connectivity index (χ1) is 12.0. The summed E-state index contributed by atoms with van der Waals surface area (Å²) in [4.78, 5) is 16.9. The summed E-state index contributed by atoms with van der Waals surface area (Å²) >= 11 is 0. The lowest BCUT2D eigenvalue weighted by Crippen LogP contribution is -2.39. The van der Waals surface area contributed by atoms with Crippen LogP contribution in [0.5, 0.6) is 0 Å². The molecule has 25 heavy (non-hydrogen) atoms. The molecule has 1 aromatic heterocycles. The lowest BCUT2D eigenvalue weighted by atomic mass is 9.93. The molecule has 0 saturated heterocycles. The van der Waals surface area contributed by atoms with Crippen molar-refractivity contribution in [2.75, 3.05) is 0 Å². The smallest absolute Gasteiger partial charge is 0.291 e. The second-order valence-electron chi connectivity index (χ2n) is 7.09. The van der Waals surface area contributed by atoms with Crippen molar-refractivity contribution in [2.45, 2.75) is 64.5 Å². The van der Waals surface area contributed by atoms with Gasteiger partial charge in [-0.3, -0.25) is 4.79 Å². The number of carbonyl (C=O) groups is 1. The van der Waals surface area contributed by atoms with Crippen LogP contribution in [-0.4, -0.2) is 37.9 Å². The zero-order valence-corrected chi connectivity index (χ0v) is 15.1. The minimum Gasteiger partial charge on any atom is -0.393 e. The van der Waals surface area contributed by atoms with Crippen molar-refractivity contribution < 1.29 is 9.90 Å². The van der Waals surface area contributed by atoms with Gasteiger partial charge < -0.3 is 10.4 Å². The van der Waals surface area contributed by atoms with E-state index in [2.05, 4.69) is 35.3 Å². The fourth-order valence-corrected chi connectivity index (χ4v) is 3.35. The molecule has 1 aromatic carbocycles. The van der Waals surface area contributed by atoms with Crippen LogP contribution in [0.15, 0.2) is 24.3 Å². The second kappa shape index (κ2) is 7.35. The Labute approximate surface area is 148 Å². The van der Waals surface area contributed by atoms with Gasteiger partial charge in [-0.25, -0.2) is 9.67 Å². The minimum atomic E-state index is -0.245. The fourth-order valence-electron chi connectivity index (χ4n) is 3.35. The summed E-state index contributed by atoms with van der Waals surface area (Å²) in [5.41, 5.74) is 2.13. The molecular weight excluding hydrogens is 316 g/mol. The lowest BCUT2D eigenvalue weighted by Gasteiger charge is -2.25. The number of aliphatic hydroxyl groups is 1. The normalized spacial score (nSPS) is 20.7. The molecular formula is C19H26N4O2. The average Bonchev–Trinajstić information content (AvgIpc) is 2.98. The molecule has 1 amide bonds. The molecule has 2 aromatic rings. The standard InChI is InChI=1S/C19H26N4O2/c1-12(2)16-6-4-5-7-17(16)23-13(3)20-18(22-23)19(25)21-14-8-10-15(24)11-9-14/h4-7,12,14-15,24H,8-11H2,1-3H3,(H,21,25). The molecule has 1 heterocycles. The summed E-state index contributed by atoms with van der Waals surface area (Å²) in [7, 11) is 0. The molecule has 1 aliphatic rings. The van der Waals surface area contributed by atoms with Crippen LogP contribution in [0.2, 0.25) is 0 Å².